The monoisotopic (exact) mass is 340 g/mol. The van der Waals surface area contributed by atoms with Crippen LogP contribution in [0.15, 0.2) is 11.0 Å². The Morgan fingerprint density at radius 1 is 1.30 bits per heavy atom. The highest BCUT2D eigenvalue weighted by molar-refractivity contribution is 7.88. The van der Waals surface area contributed by atoms with Crippen molar-refractivity contribution in [3.63, 3.8) is 0 Å². The fourth-order valence-electron chi connectivity index (χ4n) is 2.80. The number of hydrogen-bond donors (Lipinski definition) is 2. The van der Waals surface area contributed by atoms with Crippen molar-refractivity contribution in [1.29, 1.82) is 0 Å². The predicted molar refractivity (Wildman–Crippen MR) is 83.7 cm³/mol. The molecule has 0 spiro atoms. The molecule has 1 aliphatic heterocycles. The minimum absolute atomic E-state index is 0.0453. The van der Waals surface area contributed by atoms with Crippen LogP contribution in [0.3, 0.4) is 0 Å². The lowest BCUT2D eigenvalue weighted by Gasteiger charge is -2.31. The number of likely N-dealkylation sites (tertiary alicyclic amines) is 1. The van der Waals surface area contributed by atoms with Gasteiger partial charge in [0.1, 0.15) is 11.4 Å². The molecule has 2 aliphatic rings. The molecule has 0 aromatic carbocycles. The van der Waals surface area contributed by atoms with Gasteiger partial charge in [0.25, 0.3) is 11.5 Å². The fourth-order valence-corrected chi connectivity index (χ4v) is 3.64. The van der Waals surface area contributed by atoms with E-state index in [1.165, 1.54) is 6.20 Å². The molecule has 2 fully saturated rings. The van der Waals surface area contributed by atoms with Crippen LogP contribution in [0.1, 0.15) is 47.8 Å². The number of piperidine rings is 1. The van der Waals surface area contributed by atoms with Crippen LogP contribution in [-0.4, -0.2) is 54.6 Å². The van der Waals surface area contributed by atoms with Crippen molar-refractivity contribution in [2.75, 3.05) is 19.3 Å². The molecule has 1 aliphatic carbocycles. The van der Waals surface area contributed by atoms with Crippen LogP contribution in [0.4, 0.5) is 0 Å². The zero-order valence-corrected chi connectivity index (χ0v) is 13.7. The molecule has 2 heterocycles. The number of amides is 1. The molecule has 1 saturated heterocycles. The van der Waals surface area contributed by atoms with E-state index in [0.29, 0.717) is 37.7 Å². The first kappa shape index (κ1) is 16.1. The Kier molecular flexibility index (Phi) is 4.24. The van der Waals surface area contributed by atoms with Gasteiger partial charge in [0.2, 0.25) is 10.0 Å². The van der Waals surface area contributed by atoms with E-state index >= 15 is 0 Å². The number of nitrogens with one attached hydrogen (secondary N) is 2. The molecule has 8 nitrogen and oxygen atoms in total. The number of sulfonamides is 1. The summed E-state index contributed by atoms with van der Waals surface area (Å²) in [5.74, 6) is 0.631. The normalized spacial score (nSPS) is 19.8. The Morgan fingerprint density at radius 2 is 1.96 bits per heavy atom. The quantitative estimate of drug-likeness (QED) is 0.788. The molecule has 9 heteroatoms. The first-order chi connectivity index (χ1) is 10.8. The third-order valence-electron chi connectivity index (χ3n) is 4.18. The Balaban J connectivity index is 1.64. The molecule has 2 N–H and O–H groups in total. The summed E-state index contributed by atoms with van der Waals surface area (Å²) < 4.78 is 25.0. The summed E-state index contributed by atoms with van der Waals surface area (Å²) >= 11 is 0. The van der Waals surface area contributed by atoms with Gasteiger partial charge in [-0.15, -0.1) is 0 Å². The molecule has 1 amide bonds. The highest BCUT2D eigenvalue weighted by Crippen LogP contribution is 2.37. The van der Waals surface area contributed by atoms with Crippen molar-refractivity contribution >= 4 is 15.9 Å². The summed E-state index contributed by atoms with van der Waals surface area (Å²) in [4.78, 5) is 33.0. The maximum absolute atomic E-state index is 12.4. The van der Waals surface area contributed by atoms with Crippen molar-refractivity contribution in [1.82, 2.24) is 19.6 Å². The predicted octanol–water partition coefficient (Wildman–Crippen LogP) is -0.199. The summed E-state index contributed by atoms with van der Waals surface area (Å²) in [7, 11) is -3.25. The van der Waals surface area contributed by atoms with Gasteiger partial charge in [0.05, 0.1) is 6.26 Å². The van der Waals surface area contributed by atoms with E-state index in [1.807, 2.05) is 0 Å². The Bertz CT molecular complexity index is 761. The van der Waals surface area contributed by atoms with Crippen molar-refractivity contribution < 1.29 is 13.2 Å². The largest absolute Gasteiger partial charge is 0.338 e. The molecule has 0 bridgehead atoms. The summed E-state index contributed by atoms with van der Waals surface area (Å²) in [6.45, 7) is 0.825. The van der Waals surface area contributed by atoms with Crippen LogP contribution in [0.25, 0.3) is 0 Å². The van der Waals surface area contributed by atoms with E-state index in [0.717, 1.165) is 19.1 Å². The van der Waals surface area contributed by atoms with Crippen LogP contribution >= 0.6 is 0 Å². The van der Waals surface area contributed by atoms with Gasteiger partial charge in [-0.2, -0.15) is 0 Å². The lowest BCUT2D eigenvalue weighted by molar-refractivity contribution is 0.0709. The maximum atomic E-state index is 12.4. The second-order valence-corrected chi connectivity index (χ2v) is 8.02. The van der Waals surface area contributed by atoms with Gasteiger partial charge in [-0.25, -0.2) is 18.1 Å². The highest BCUT2D eigenvalue weighted by atomic mass is 32.2. The van der Waals surface area contributed by atoms with Crippen molar-refractivity contribution in [3.8, 4) is 0 Å². The molecule has 1 aromatic heterocycles. The number of carbonyl (C=O) groups excluding carboxylic acids is 1. The first-order valence-corrected chi connectivity index (χ1v) is 9.58. The smallest absolute Gasteiger partial charge is 0.263 e. The SMILES string of the molecule is CS(=O)(=O)NC1CCN(C(=O)c2cnc(C3CC3)[nH]c2=O)CC1. The standard InChI is InChI=1S/C14H20N4O4S/c1-23(21,22)17-10-4-6-18(7-5-10)14(20)11-8-15-12(9-2-3-9)16-13(11)19/h8-10,17H,2-7H2,1H3,(H,15,16,19). The number of carbonyl (C=O) groups is 1. The average Bonchev–Trinajstić information content (AvgIpc) is 3.30. The number of aromatic amines is 1. The molecule has 1 saturated carbocycles. The van der Waals surface area contributed by atoms with E-state index in [-0.39, 0.29) is 17.5 Å². The van der Waals surface area contributed by atoms with Gasteiger partial charge in [-0.3, -0.25) is 9.59 Å². The molecular weight excluding hydrogens is 320 g/mol. The van der Waals surface area contributed by atoms with E-state index in [9.17, 15) is 18.0 Å². The van der Waals surface area contributed by atoms with Gasteiger partial charge < -0.3 is 9.88 Å². The Morgan fingerprint density at radius 3 is 2.48 bits per heavy atom. The van der Waals surface area contributed by atoms with Gasteiger partial charge in [-0.1, -0.05) is 0 Å². The Hall–Kier alpha value is -1.74. The average molecular weight is 340 g/mol. The van der Waals surface area contributed by atoms with Gasteiger partial charge in [-0.05, 0) is 25.7 Å². The summed E-state index contributed by atoms with van der Waals surface area (Å²) in [6.07, 6.45) is 5.59. The minimum Gasteiger partial charge on any atom is -0.338 e. The van der Waals surface area contributed by atoms with Crippen LogP contribution < -0.4 is 10.3 Å². The van der Waals surface area contributed by atoms with Gasteiger partial charge in [0.15, 0.2) is 0 Å². The maximum Gasteiger partial charge on any atom is 0.263 e. The number of aromatic nitrogens is 2. The van der Waals surface area contributed by atoms with Crippen LogP contribution in [0.5, 0.6) is 0 Å². The van der Waals surface area contributed by atoms with Crippen LogP contribution in [0, 0.1) is 0 Å². The number of rotatable bonds is 4. The summed E-state index contributed by atoms with van der Waals surface area (Å²) in [5.41, 5.74) is -0.354. The summed E-state index contributed by atoms with van der Waals surface area (Å²) in [5, 5.41) is 0. The number of hydrogen-bond acceptors (Lipinski definition) is 5. The highest BCUT2D eigenvalue weighted by Gasteiger charge is 2.29. The fraction of sp³-hybridized carbons (Fsp3) is 0.643. The zero-order chi connectivity index (χ0) is 16.6. The molecule has 126 valence electrons. The molecule has 0 radical (unpaired) electrons. The number of nitrogens with zero attached hydrogens (tertiary/aromatic N) is 2. The number of H-pyrrole nitrogens is 1. The second kappa shape index (κ2) is 6.04. The minimum atomic E-state index is -3.25. The molecule has 0 atom stereocenters. The molecular formula is C14H20N4O4S. The lowest BCUT2D eigenvalue weighted by atomic mass is 10.1. The zero-order valence-electron chi connectivity index (χ0n) is 12.9. The molecule has 0 unspecified atom stereocenters. The van der Waals surface area contributed by atoms with E-state index < -0.39 is 15.6 Å². The Labute approximate surface area is 134 Å². The van der Waals surface area contributed by atoms with Crippen LogP contribution in [0.2, 0.25) is 0 Å². The first-order valence-electron chi connectivity index (χ1n) is 7.69. The van der Waals surface area contributed by atoms with Crippen molar-refractivity contribution in [3.05, 3.63) is 27.9 Å². The topological polar surface area (TPSA) is 112 Å². The van der Waals surface area contributed by atoms with Crippen molar-refractivity contribution in [2.24, 2.45) is 0 Å². The van der Waals surface area contributed by atoms with Gasteiger partial charge in [0, 0.05) is 31.2 Å². The van der Waals surface area contributed by atoms with E-state index in [1.54, 1.807) is 4.90 Å². The van der Waals surface area contributed by atoms with Crippen molar-refractivity contribution in [2.45, 2.75) is 37.6 Å². The van der Waals surface area contributed by atoms with Gasteiger partial charge >= 0.3 is 0 Å². The molecule has 23 heavy (non-hydrogen) atoms. The van der Waals surface area contributed by atoms with E-state index in [4.69, 9.17) is 0 Å². The lowest BCUT2D eigenvalue weighted by Crippen LogP contribution is -2.47. The second-order valence-electron chi connectivity index (χ2n) is 6.24. The molecule has 3 rings (SSSR count). The summed E-state index contributed by atoms with van der Waals surface area (Å²) in [6, 6.07) is -0.164. The molecule has 1 aromatic rings. The third-order valence-corrected chi connectivity index (χ3v) is 4.94. The van der Waals surface area contributed by atoms with E-state index in [2.05, 4.69) is 14.7 Å². The third kappa shape index (κ3) is 3.97. The van der Waals surface area contributed by atoms with Crippen LogP contribution in [-0.2, 0) is 10.0 Å².